The maximum atomic E-state index is 4.54. The van der Waals surface area contributed by atoms with Crippen LogP contribution in [-0.2, 0) is 7.05 Å². The van der Waals surface area contributed by atoms with Crippen molar-refractivity contribution >= 4 is 61.4 Å². The minimum absolute atomic E-state index is 0.00816. The Morgan fingerprint density at radius 3 is 2.83 bits per heavy atom. The topological polar surface area (TPSA) is 54.2 Å². The molecule has 2 N–H and O–H groups in total. The molecule has 5 rings (SSSR count). The Balaban J connectivity index is 1.29. The average Bonchev–Trinajstić information content (AvgIpc) is 3.33. The Labute approximate surface area is 181 Å². The molecule has 3 heterocycles. The van der Waals surface area contributed by atoms with Crippen LogP contribution in [0.1, 0.15) is 11.3 Å². The molecular formula is C22H18BrN5S. The summed E-state index contributed by atoms with van der Waals surface area (Å²) < 4.78 is 3.24. The van der Waals surface area contributed by atoms with Crippen LogP contribution in [0.5, 0.6) is 0 Å². The lowest BCUT2D eigenvalue weighted by atomic mass is 10.2. The molecule has 4 aromatic rings. The molecule has 2 aromatic heterocycles. The summed E-state index contributed by atoms with van der Waals surface area (Å²) in [6.45, 7) is 0. The van der Waals surface area contributed by atoms with Crippen molar-refractivity contribution in [3.8, 4) is 0 Å². The summed E-state index contributed by atoms with van der Waals surface area (Å²) in [4.78, 5) is 4.54. The Hall–Kier alpha value is -2.77. The van der Waals surface area contributed by atoms with Crippen molar-refractivity contribution in [3.63, 3.8) is 0 Å². The highest BCUT2D eigenvalue weighted by Crippen LogP contribution is 2.28. The van der Waals surface area contributed by atoms with Gasteiger partial charge in [0.1, 0.15) is 0 Å². The minimum atomic E-state index is -0.00816. The normalized spacial score (nSPS) is 16.5. The first-order valence-electron chi connectivity index (χ1n) is 9.19. The van der Waals surface area contributed by atoms with Crippen LogP contribution in [0.15, 0.2) is 75.8 Å². The molecule has 29 heavy (non-hydrogen) atoms. The van der Waals surface area contributed by atoms with Gasteiger partial charge in [0.05, 0.1) is 29.3 Å². The van der Waals surface area contributed by atoms with Gasteiger partial charge in [-0.1, -0.05) is 58.0 Å². The Bertz CT molecular complexity index is 1260. The second-order valence-corrected chi connectivity index (χ2v) is 8.68. The Morgan fingerprint density at radius 1 is 1.14 bits per heavy atom. The monoisotopic (exact) mass is 463 g/mol. The van der Waals surface area contributed by atoms with E-state index in [4.69, 9.17) is 0 Å². The van der Waals surface area contributed by atoms with Crippen molar-refractivity contribution in [3.05, 3.63) is 81.9 Å². The molecule has 0 saturated carbocycles. The number of para-hydroxylation sites is 1. The third kappa shape index (κ3) is 3.52. The van der Waals surface area contributed by atoms with E-state index in [-0.39, 0.29) is 5.50 Å². The van der Waals surface area contributed by atoms with E-state index in [1.165, 1.54) is 16.3 Å². The number of pyridine rings is 1. The second-order valence-electron chi connectivity index (χ2n) is 6.79. The first-order valence-corrected chi connectivity index (χ1v) is 10.9. The zero-order valence-corrected chi connectivity index (χ0v) is 18.0. The molecule has 0 radical (unpaired) electrons. The number of hydrazone groups is 1. The van der Waals surface area contributed by atoms with E-state index in [1.54, 1.807) is 18.0 Å². The largest absolute Gasteiger partial charge is 0.355 e. The van der Waals surface area contributed by atoms with Crippen LogP contribution in [0.4, 0.5) is 0 Å². The van der Waals surface area contributed by atoms with Crippen molar-refractivity contribution < 1.29 is 0 Å². The Morgan fingerprint density at radius 2 is 1.97 bits per heavy atom. The van der Waals surface area contributed by atoms with Gasteiger partial charge in [-0.05, 0) is 35.2 Å². The number of benzene rings is 2. The van der Waals surface area contributed by atoms with Crippen molar-refractivity contribution in [2.24, 2.45) is 12.1 Å². The Kier molecular flexibility index (Phi) is 4.77. The van der Waals surface area contributed by atoms with Crippen molar-refractivity contribution in [2.45, 2.75) is 5.50 Å². The van der Waals surface area contributed by atoms with E-state index in [0.717, 1.165) is 26.9 Å². The number of hydrogen-bond acceptors (Lipinski definition) is 5. The van der Waals surface area contributed by atoms with Crippen LogP contribution in [0, 0.1) is 0 Å². The summed E-state index contributed by atoms with van der Waals surface area (Å²) in [7, 11) is 2.07. The van der Waals surface area contributed by atoms with Gasteiger partial charge in [-0.3, -0.25) is 10.4 Å². The number of fused-ring (bicyclic) bond motifs is 3. The summed E-state index contributed by atoms with van der Waals surface area (Å²) in [6.07, 6.45) is 3.67. The smallest absolute Gasteiger partial charge is 0.165 e. The summed E-state index contributed by atoms with van der Waals surface area (Å²) in [5, 5.41) is 12.3. The van der Waals surface area contributed by atoms with Gasteiger partial charge in [0.25, 0.3) is 0 Å². The molecule has 5 nitrogen and oxygen atoms in total. The molecule has 0 fully saturated rings. The molecule has 0 saturated heterocycles. The minimum Gasteiger partial charge on any atom is -0.355 e. The van der Waals surface area contributed by atoms with Crippen molar-refractivity contribution in [2.75, 3.05) is 0 Å². The fraction of sp³-hybridized carbons (Fsp3) is 0.0909. The molecule has 144 valence electrons. The molecule has 0 aliphatic carbocycles. The number of hydrogen-bond donors (Lipinski definition) is 2. The summed E-state index contributed by atoms with van der Waals surface area (Å²) >= 11 is 5.13. The lowest BCUT2D eigenvalue weighted by molar-refractivity contribution is 0.657. The van der Waals surface area contributed by atoms with E-state index in [0.29, 0.717) is 0 Å². The molecule has 1 aliphatic rings. The molecule has 0 spiro atoms. The van der Waals surface area contributed by atoms with Crippen molar-refractivity contribution in [1.82, 2.24) is 20.3 Å². The van der Waals surface area contributed by atoms with E-state index >= 15 is 0 Å². The molecule has 0 bridgehead atoms. The highest BCUT2D eigenvalue weighted by molar-refractivity contribution is 9.10. The predicted octanol–water partition coefficient (Wildman–Crippen LogP) is 5.03. The zero-order chi connectivity index (χ0) is 19.8. The molecule has 2 aromatic carbocycles. The summed E-state index contributed by atoms with van der Waals surface area (Å²) in [6, 6.07) is 18.7. The third-order valence-corrected chi connectivity index (χ3v) is 6.37. The number of aromatic nitrogens is 2. The number of nitrogens with one attached hydrogen (secondary N) is 2. The van der Waals surface area contributed by atoms with Gasteiger partial charge in [0.15, 0.2) is 5.50 Å². The van der Waals surface area contributed by atoms with Gasteiger partial charge in [-0.15, -0.1) is 0 Å². The van der Waals surface area contributed by atoms with Crippen LogP contribution >= 0.6 is 27.7 Å². The molecule has 7 heteroatoms. The predicted molar refractivity (Wildman–Crippen MR) is 126 cm³/mol. The lowest BCUT2D eigenvalue weighted by Crippen LogP contribution is -2.31. The van der Waals surface area contributed by atoms with E-state index < -0.39 is 0 Å². The molecule has 1 aliphatic heterocycles. The van der Waals surface area contributed by atoms with Crippen molar-refractivity contribution in [1.29, 1.82) is 0 Å². The standard InChI is InChI=1S/C22H18BrN5S/c1-28-20-5-3-2-4-17(20)18-10-16(24-12-21(18)28)11-25-27-22-26-19(13-29-22)14-6-8-15(23)9-7-14/h2-13,22,26-27H,1H3. The first-order chi connectivity index (χ1) is 14.2. The van der Waals surface area contributed by atoms with E-state index in [9.17, 15) is 0 Å². The summed E-state index contributed by atoms with van der Waals surface area (Å²) in [5.41, 5.74) is 8.52. The highest BCUT2D eigenvalue weighted by atomic mass is 79.9. The molecule has 1 unspecified atom stereocenters. The fourth-order valence-corrected chi connectivity index (χ4v) is 4.56. The van der Waals surface area contributed by atoms with Gasteiger partial charge >= 0.3 is 0 Å². The first kappa shape index (κ1) is 18.3. The molecular weight excluding hydrogens is 446 g/mol. The summed E-state index contributed by atoms with van der Waals surface area (Å²) in [5.74, 6) is 0. The number of halogens is 1. The average molecular weight is 464 g/mol. The van der Waals surface area contributed by atoms with Gasteiger partial charge in [0.2, 0.25) is 0 Å². The fourth-order valence-electron chi connectivity index (χ4n) is 3.50. The van der Waals surface area contributed by atoms with Gasteiger partial charge in [-0.25, -0.2) is 0 Å². The maximum absolute atomic E-state index is 4.54. The second kappa shape index (κ2) is 7.57. The number of thioether (sulfide) groups is 1. The van der Waals surface area contributed by atoms with Gasteiger partial charge in [-0.2, -0.15) is 5.10 Å². The van der Waals surface area contributed by atoms with E-state index in [1.807, 2.05) is 18.3 Å². The van der Waals surface area contributed by atoms with Gasteiger partial charge < -0.3 is 9.88 Å². The third-order valence-electron chi connectivity index (χ3n) is 4.97. The number of aryl methyl sites for hydroxylation is 1. The number of nitrogens with zero attached hydrogens (tertiary/aromatic N) is 3. The quantitative estimate of drug-likeness (QED) is 0.329. The van der Waals surface area contributed by atoms with Crippen LogP contribution in [0.25, 0.3) is 27.5 Å². The van der Waals surface area contributed by atoms with Crippen LogP contribution < -0.4 is 10.7 Å². The van der Waals surface area contributed by atoms with Gasteiger partial charge in [0, 0.05) is 27.8 Å². The molecule has 0 amide bonds. The lowest BCUT2D eigenvalue weighted by Gasteiger charge is -2.12. The van der Waals surface area contributed by atoms with Crippen LogP contribution in [0.2, 0.25) is 0 Å². The van der Waals surface area contributed by atoms with Crippen LogP contribution in [0.3, 0.4) is 0 Å². The highest BCUT2D eigenvalue weighted by Gasteiger charge is 2.16. The van der Waals surface area contributed by atoms with Crippen LogP contribution in [-0.4, -0.2) is 21.3 Å². The SMILES string of the molecule is Cn1c2ccccc2c2cc(C=NNC3NC(c4ccc(Br)cc4)=CS3)ncc21. The zero-order valence-electron chi connectivity index (χ0n) is 15.6. The maximum Gasteiger partial charge on any atom is 0.165 e. The number of rotatable bonds is 4. The van der Waals surface area contributed by atoms with E-state index in [2.05, 4.69) is 96.2 Å². The molecule has 1 atom stereocenters.